The fourth-order valence-electron chi connectivity index (χ4n) is 1.40. The van der Waals surface area contributed by atoms with E-state index in [0.717, 1.165) is 5.47 Å². The first-order valence-electron chi connectivity index (χ1n) is 6.24. The average molecular weight is 239 g/mol. The summed E-state index contributed by atoms with van der Waals surface area (Å²) in [5, 5.41) is 0. The highest BCUT2D eigenvalue weighted by Gasteiger charge is 2.51. The van der Waals surface area contributed by atoms with Gasteiger partial charge in [-0.1, -0.05) is 19.9 Å². The topological polar surface area (TPSA) is 44.5 Å². The Morgan fingerprint density at radius 3 is 1.76 bits per heavy atom. The minimum absolute atomic E-state index is 0.297. The van der Waals surface area contributed by atoms with Crippen molar-refractivity contribution in [2.75, 3.05) is 0 Å². The molecule has 1 fully saturated rings. The third kappa shape index (κ3) is 3.61. The fraction of sp³-hybridized carbons (Fsp3) is 0.692. The van der Waals surface area contributed by atoms with Crippen molar-refractivity contribution in [1.29, 1.82) is 0 Å². The SMILES string of the molecule is C/C=C(/C=C/N)B1OC(C)(C)C(C)(C)O1.CC. The van der Waals surface area contributed by atoms with Crippen LogP contribution in [0.3, 0.4) is 0 Å². The summed E-state index contributed by atoms with van der Waals surface area (Å²) in [6, 6.07) is 0. The molecule has 0 aromatic carbocycles. The van der Waals surface area contributed by atoms with Gasteiger partial charge in [0.05, 0.1) is 11.2 Å². The molecule has 0 amide bonds. The van der Waals surface area contributed by atoms with Crippen molar-refractivity contribution < 1.29 is 9.31 Å². The van der Waals surface area contributed by atoms with E-state index >= 15 is 0 Å². The van der Waals surface area contributed by atoms with Crippen molar-refractivity contribution in [2.24, 2.45) is 5.73 Å². The largest absolute Gasteiger partial charge is 0.494 e. The van der Waals surface area contributed by atoms with Gasteiger partial charge in [-0.15, -0.1) is 0 Å². The Bertz CT molecular complexity index is 280. The summed E-state index contributed by atoms with van der Waals surface area (Å²) in [5.41, 5.74) is 5.74. The molecule has 4 heteroatoms. The van der Waals surface area contributed by atoms with Crippen molar-refractivity contribution in [3.8, 4) is 0 Å². The second-order valence-corrected chi connectivity index (χ2v) is 4.74. The number of nitrogens with two attached hydrogens (primary N) is 1. The smallest absolute Gasteiger partial charge is 0.405 e. The Kier molecular flexibility index (Phi) is 6.00. The summed E-state index contributed by atoms with van der Waals surface area (Å²) >= 11 is 0. The van der Waals surface area contributed by atoms with Crippen molar-refractivity contribution in [3.05, 3.63) is 23.8 Å². The maximum atomic E-state index is 5.87. The van der Waals surface area contributed by atoms with Gasteiger partial charge in [0.1, 0.15) is 0 Å². The van der Waals surface area contributed by atoms with Crippen molar-refractivity contribution in [1.82, 2.24) is 0 Å². The first-order chi connectivity index (χ1) is 7.84. The lowest BCUT2D eigenvalue weighted by molar-refractivity contribution is 0.00578. The van der Waals surface area contributed by atoms with Crippen LogP contribution in [0.25, 0.3) is 0 Å². The van der Waals surface area contributed by atoms with E-state index in [9.17, 15) is 0 Å². The molecule has 0 spiro atoms. The molecule has 0 unspecified atom stereocenters. The van der Waals surface area contributed by atoms with Gasteiger partial charge in [-0.2, -0.15) is 0 Å². The highest BCUT2D eigenvalue weighted by molar-refractivity contribution is 6.55. The van der Waals surface area contributed by atoms with Crippen LogP contribution in [0.4, 0.5) is 0 Å². The zero-order chi connectivity index (χ0) is 13.7. The van der Waals surface area contributed by atoms with Gasteiger partial charge in [-0.3, -0.25) is 0 Å². The van der Waals surface area contributed by atoms with Crippen LogP contribution < -0.4 is 5.73 Å². The molecule has 0 saturated carbocycles. The standard InChI is InChI=1S/C11H20BNO2.C2H6/c1-6-9(7-8-13)12-14-10(2,3)11(4,5)15-12;1-2/h6-8H,13H2,1-5H3;1-2H3/b8-7+,9-6-;. The third-order valence-corrected chi connectivity index (χ3v) is 3.15. The van der Waals surface area contributed by atoms with E-state index in [1.807, 2.05) is 60.6 Å². The van der Waals surface area contributed by atoms with Gasteiger partial charge in [0, 0.05) is 0 Å². The molecule has 1 heterocycles. The lowest BCUT2D eigenvalue weighted by Crippen LogP contribution is -2.41. The second-order valence-electron chi connectivity index (χ2n) is 4.74. The zero-order valence-electron chi connectivity index (χ0n) is 12.2. The summed E-state index contributed by atoms with van der Waals surface area (Å²) in [7, 11) is -0.320. The first kappa shape index (κ1) is 16.3. The van der Waals surface area contributed by atoms with Gasteiger partial charge >= 0.3 is 7.12 Å². The number of hydrogen-bond donors (Lipinski definition) is 1. The van der Waals surface area contributed by atoms with Crippen molar-refractivity contribution >= 4 is 7.12 Å². The van der Waals surface area contributed by atoms with Crippen LogP contribution in [0, 0.1) is 0 Å². The van der Waals surface area contributed by atoms with Gasteiger partial charge in [0.15, 0.2) is 0 Å². The first-order valence-corrected chi connectivity index (χ1v) is 6.24. The monoisotopic (exact) mass is 239 g/mol. The van der Waals surface area contributed by atoms with Crippen molar-refractivity contribution in [2.45, 2.75) is 59.7 Å². The zero-order valence-corrected chi connectivity index (χ0v) is 12.2. The quantitative estimate of drug-likeness (QED) is 0.595. The van der Waals surface area contributed by atoms with E-state index in [2.05, 4.69) is 0 Å². The van der Waals surface area contributed by atoms with E-state index in [0.29, 0.717) is 0 Å². The minimum atomic E-state index is -0.320. The maximum absolute atomic E-state index is 5.87. The van der Waals surface area contributed by atoms with Gasteiger partial charge in [0.2, 0.25) is 0 Å². The third-order valence-electron chi connectivity index (χ3n) is 3.15. The summed E-state index contributed by atoms with van der Waals surface area (Å²) in [5.74, 6) is 0. The number of rotatable bonds is 2. The van der Waals surface area contributed by atoms with E-state index in [-0.39, 0.29) is 18.3 Å². The molecule has 0 bridgehead atoms. The van der Waals surface area contributed by atoms with Crippen LogP contribution in [0.5, 0.6) is 0 Å². The molecule has 0 aliphatic carbocycles. The summed E-state index contributed by atoms with van der Waals surface area (Å²) in [6.07, 6.45) is 5.26. The number of hydrogen-bond acceptors (Lipinski definition) is 3. The van der Waals surface area contributed by atoms with E-state index in [1.165, 1.54) is 6.20 Å². The fourth-order valence-corrected chi connectivity index (χ4v) is 1.40. The molecule has 17 heavy (non-hydrogen) atoms. The maximum Gasteiger partial charge on any atom is 0.494 e. The van der Waals surface area contributed by atoms with Crippen LogP contribution in [-0.4, -0.2) is 18.3 Å². The predicted molar refractivity (Wildman–Crippen MR) is 74.5 cm³/mol. The lowest BCUT2D eigenvalue weighted by Gasteiger charge is -2.32. The molecule has 1 rings (SSSR count). The van der Waals surface area contributed by atoms with E-state index in [1.54, 1.807) is 0 Å². The van der Waals surface area contributed by atoms with E-state index < -0.39 is 0 Å². The molecule has 0 radical (unpaired) electrons. The highest BCUT2D eigenvalue weighted by atomic mass is 16.7. The van der Waals surface area contributed by atoms with Crippen LogP contribution in [0.15, 0.2) is 23.8 Å². The Labute approximate surface area is 106 Å². The van der Waals surface area contributed by atoms with Gasteiger partial charge < -0.3 is 15.0 Å². The second kappa shape index (κ2) is 6.27. The summed E-state index contributed by atoms with van der Waals surface area (Å²) in [4.78, 5) is 0. The highest BCUT2D eigenvalue weighted by Crippen LogP contribution is 2.38. The van der Waals surface area contributed by atoms with Crippen LogP contribution in [0.2, 0.25) is 0 Å². The van der Waals surface area contributed by atoms with Crippen LogP contribution >= 0.6 is 0 Å². The molecular formula is C13H26BNO2. The van der Waals surface area contributed by atoms with Gasteiger partial charge in [-0.25, -0.2) is 0 Å². The number of allylic oxidation sites excluding steroid dienone is 3. The Balaban J connectivity index is 0.00000121. The lowest BCUT2D eigenvalue weighted by atomic mass is 9.78. The average Bonchev–Trinajstić information content (AvgIpc) is 2.47. The molecule has 0 aromatic heterocycles. The minimum Gasteiger partial charge on any atom is -0.405 e. The molecule has 98 valence electrons. The molecule has 0 aromatic rings. The molecule has 3 nitrogen and oxygen atoms in total. The Hall–Kier alpha value is -0.735. The van der Waals surface area contributed by atoms with E-state index in [4.69, 9.17) is 15.0 Å². The summed E-state index contributed by atoms with van der Waals surface area (Å²) < 4.78 is 11.7. The Morgan fingerprint density at radius 2 is 1.47 bits per heavy atom. The molecule has 1 aliphatic heterocycles. The molecule has 1 aliphatic rings. The predicted octanol–water partition coefficient (Wildman–Crippen LogP) is 3.06. The van der Waals surface area contributed by atoms with Crippen LogP contribution in [-0.2, 0) is 9.31 Å². The molecular weight excluding hydrogens is 213 g/mol. The van der Waals surface area contributed by atoms with Crippen LogP contribution in [0.1, 0.15) is 48.5 Å². The van der Waals surface area contributed by atoms with Gasteiger partial charge in [0.25, 0.3) is 0 Å². The van der Waals surface area contributed by atoms with Gasteiger partial charge in [-0.05, 0) is 52.4 Å². The summed E-state index contributed by atoms with van der Waals surface area (Å²) in [6.45, 7) is 14.1. The normalized spacial score (nSPS) is 22.5. The molecule has 2 N–H and O–H groups in total. The molecule has 0 atom stereocenters. The molecule has 1 saturated heterocycles. The Morgan fingerprint density at radius 1 is 1.06 bits per heavy atom. The van der Waals surface area contributed by atoms with Crippen molar-refractivity contribution in [3.63, 3.8) is 0 Å².